The standard InChI is InChI=1S/C33H54O3/c1-22-12-17-33(35-21-22)23(2)30-29(36-33)20-28-26-11-10-25-19-24(9-7-5-6-8-18-34)13-15-31(25,3)27(26)14-16-32(28,30)4/h10,22-24,26-30,34H,5-9,11-21H2,1-4H3/t22-,23+,24+,26-,27+,28+,29+,30+,31+,32+,33-/m1/s1. The van der Waals surface area contributed by atoms with E-state index in [2.05, 4.69) is 33.8 Å². The molecule has 6 rings (SSSR count). The maximum Gasteiger partial charge on any atom is 0.171 e. The van der Waals surface area contributed by atoms with E-state index in [1.807, 2.05) is 5.57 Å². The van der Waals surface area contributed by atoms with Crippen molar-refractivity contribution in [2.75, 3.05) is 13.2 Å². The molecule has 0 unspecified atom stereocenters. The highest BCUT2D eigenvalue weighted by molar-refractivity contribution is 5.26. The van der Waals surface area contributed by atoms with E-state index >= 15 is 0 Å². The molecule has 3 nitrogen and oxygen atoms in total. The van der Waals surface area contributed by atoms with Crippen molar-refractivity contribution in [3.05, 3.63) is 11.6 Å². The Labute approximate surface area is 221 Å². The molecule has 36 heavy (non-hydrogen) atoms. The van der Waals surface area contributed by atoms with Crippen LogP contribution in [0.5, 0.6) is 0 Å². The van der Waals surface area contributed by atoms with Crippen molar-refractivity contribution in [2.45, 2.75) is 129 Å². The molecule has 1 N–H and O–H groups in total. The van der Waals surface area contributed by atoms with E-state index < -0.39 is 0 Å². The molecule has 4 aliphatic carbocycles. The number of fused-ring (bicyclic) bond motifs is 7. The van der Waals surface area contributed by atoms with Crippen molar-refractivity contribution >= 4 is 0 Å². The molecule has 1 spiro atoms. The molecule has 0 aromatic heterocycles. The van der Waals surface area contributed by atoms with Gasteiger partial charge in [-0.2, -0.15) is 0 Å². The van der Waals surface area contributed by atoms with Crippen molar-refractivity contribution in [1.29, 1.82) is 0 Å². The van der Waals surface area contributed by atoms with Gasteiger partial charge in [0.05, 0.1) is 12.7 Å². The van der Waals surface area contributed by atoms with E-state index in [1.165, 1.54) is 77.0 Å². The molecule has 0 aromatic carbocycles. The Hall–Kier alpha value is -0.380. The topological polar surface area (TPSA) is 38.7 Å². The van der Waals surface area contributed by atoms with E-state index in [-0.39, 0.29) is 5.79 Å². The van der Waals surface area contributed by atoms with Crippen LogP contribution in [-0.2, 0) is 9.47 Å². The third-order valence-corrected chi connectivity index (χ3v) is 13.0. The first kappa shape index (κ1) is 25.9. The van der Waals surface area contributed by atoms with Gasteiger partial charge < -0.3 is 14.6 Å². The van der Waals surface area contributed by atoms with Gasteiger partial charge in [0.25, 0.3) is 0 Å². The Morgan fingerprint density at radius 2 is 1.81 bits per heavy atom. The van der Waals surface area contributed by atoms with Crippen LogP contribution in [-0.4, -0.2) is 30.2 Å². The van der Waals surface area contributed by atoms with E-state index in [4.69, 9.17) is 14.6 Å². The molecule has 0 radical (unpaired) electrons. The van der Waals surface area contributed by atoms with E-state index in [0.29, 0.717) is 41.3 Å². The molecule has 3 heteroatoms. The second-order valence-electron chi connectivity index (χ2n) is 14.8. The maximum atomic E-state index is 9.05. The second kappa shape index (κ2) is 9.67. The number of aliphatic hydroxyl groups is 1. The van der Waals surface area contributed by atoms with Gasteiger partial charge in [-0.1, -0.05) is 65.0 Å². The van der Waals surface area contributed by atoms with Crippen molar-refractivity contribution in [3.8, 4) is 0 Å². The predicted octanol–water partition coefficient (Wildman–Crippen LogP) is 7.91. The molecule has 5 fully saturated rings. The Bertz CT molecular complexity index is 827. The minimum Gasteiger partial charge on any atom is -0.396 e. The van der Waals surface area contributed by atoms with Gasteiger partial charge in [-0.05, 0) is 104 Å². The highest BCUT2D eigenvalue weighted by Crippen LogP contribution is 2.70. The van der Waals surface area contributed by atoms with Crippen LogP contribution >= 0.6 is 0 Å². The van der Waals surface area contributed by atoms with Gasteiger partial charge in [0, 0.05) is 18.9 Å². The average Bonchev–Trinajstić information content (AvgIpc) is 3.31. The van der Waals surface area contributed by atoms with Crippen LogP contribution in [0.1, 0.15) is 118 Å². The highest BCUT2D eigenvalue weighted by Gasteiger charge is 2.68. The molecule has 11 atom stereocenters. The van der Waals surface area contributed by atoms with Crippen LogP contribution in [0.25, 0.3) is 0 Å². The Morgan fingerprint density at radius 3 is 2.58 bits per heavy atom. The average molecular weight is 499 g/mol. The van der Waals surface area contributed by atoms with E-state index in [1.54, 1.807) is 0 Å². The lowest BCUT2D eigenvalue weighted by molar-refractivity contribution is -0.272. The van der Waals surface area contributed by atoms with Gasteiger partial charge in [0.1, 0.15) is 0 Å². The van der Waals surface area contributed by atoms with Crippen LogP contribution < -0.4 is 0 Å². The molecule has 2 saturated heterocycles. The minimum atomic E-state index is -0.283. The van der Waals surface area contributed by atoms with E-state index in [0.717, 1.165) is 43.1 Å². The monoisotopic (exact) mass is 498 g/mol. The summed E-state index contributed by atoms with van der Waals surface area (Å²) in [6.07, 6.45) is 21.4. The van der Waals surface area contributed by atoms with Crippen LogP contribution in [0.2, 0.25) is 0 Å². The number of ether oxygens (including phenoxy) is 2. The first-order valence-corrected chi connectivity index (χ1v) is 15.9. The summed E-state index contributed by atoms with van der Waals surface area (Å²) in [5, 5.41) is 9.05. The molecule has 3 saturated carbocycles. The van der Waals surface area contributed by atoms with Crippen molar-refractivity contribution < 1.29 is 14.6 Å². The summed E-state index contributed by atoms with van der Waals surface area (Å²) >= 11 is 0. The summed E-state index contributed by atoms with van der Waals surface area (Å²) in [4.78, 5) is 0. The molecular formula is C33H54O3. The van der Waals surface area contributed by atoms with Gasteiger partial charge in [0.15, 0.2) is 5.79 Å². The summed E-state index contributed by atoms with van der Waals surface area (Å²) in [7, 11) is 0. The van der Waals surface area contributed by atoms with Gasteiger partial charge in [-0.15, -0.1) is 0 Å². The van der Waals surface area contributed by atoms with Crippen LogP contribution in [0.4, 0.5) is 0 Å². The van der Waals surface area contributed by atoms with Gasteiger partial charge in [-0.3, -0.25) is 0 Å². The fraction of sp³-hybridized carbons (Fsp3) is 0.939. The largest absolute Gasteiger partial charge is 0.396 e. The lowest BCUT2D eigenvalue weighted by Crippen LogP contribution is -2.52. The van der Waals surface area contributed by atoms with Gasteiger partial charge >= 0.3 is 0 Å². The molecule has 2 aliphatic heterocycles. The Balaban J connectivity index is 1.14. The second-order valence-corrected chi connectivity index (χ2v) is 14.8. The van der Waals surface area contributed by atoms with E-state index in [9.17, 15) is 0 Å². The lowest BCUT2D eigenvalue weighted by Gasteiger charge is -2.58. The normalized spacial score (nSPS) is 51.9. The zero-order chi connectivity index (χ0) is 25.1. The van der Waals surface area contributed by atoms with Crippen LogP contribution in [0, 0.1) is 52.3 Å². The third kappa shape index (κ3) is 4.00. The molecule has 2 heterocycles. The summed E-state index contributed by atoms with van der Waals surface area (Å²) in [5.41, 5.74) is 2.71. The third-order valence-electron chi connectivity index (χ3n) is 13.0. The summed E-state index contributed by atoms with van der Waals surface area (Å²) < 4.78 is 13.5. The first-order chi connectivity index (χ1) is 17.3. The van der Waals surface area contributed by atoms with Crippen LogP contribution in [0.3, 0.4) is 0 Å². The SMILES string of the molecule is C[C@@H]1CC[C@@]2(OC1)O[C@H]1C[C@H]3[C@@H]4CC=C5C[C@@H](CCCCCCO)CC[C@]5(C)[C@H]4CC[C@]3(C)[C@H]1[C@@H]2C. The zero-order valence-electron chi connectivity index (χ0n) is 23.8. The fourth-order valence-electron chi connectivity index (χ4n) is 10.9. The molecule has 6 aliphatic rings. The Morgan fingerprint density at radius 1 is 0.972 bits per heavy atom. The number of unbranched alkanes of at least 4 members (excludes halogenated alkanes) is 3. The minimum absolute atomic E-state index is 0.283. The van der Waals surface area contributed by atoms with Gasteiger partial charge in [-0.25, -0.2) is 0 Å². The Kier molecular flexibility index (Phi) is 6.95. The number of hydrogen-bond donors (Lipinski definition) is 1. The number of allylic oxidation sites excluding steroid dienone is 2. The summed E-state index contributed by atoms with van der Waals surface area (Å²) in [6, 6.07) is 0. The predicted molar refractivity (Wildman–Crippen MR) is 145 cm³/mol. The van der Waals surface area contributed by atoms with Crippen LogP contribution in [0.15, 0.2) is 11.6 Å². The highest BCUT2D eigenvalue weighted by atomic mass is 16.7. The summed E-state index contributed by atoms with van der Waals surface area (Å²) in [6.45, 7) is 11.4. The first-order valence-electron chi connectivity index (χ1n) is 15.9. The maximum absolute atomic E-state index is 9.05. The molecule has 204 valence electrons. The zero-order valence-corrected chi connectivity index (χ0v) is 23.8. The number of rotatable bonds is 6. The van der Waals surface area contributed by atoms with Crippen molar-refractivity contribution in [1.82, 2.24) is 0 Å². The fourth-order valence-corrected chi connectivity index (χ4v) is 10.9. The smallest absolute Gasteiger partial charge is 0.171 e. The quantitative estimate of drug-likeness (QED) is 0.299. The number of aliphatic hydroxyl groups excluding tert-OH is 1. The van der Waals surface area contributed by atoms with Gasteiger partial charge in [0.2, 0.25) is 0 Å². The molecule has 0 aromatic rings. The molecular weight excluding hydrogens is 444 g/mol. The lowest BCUT2D eigenvalue weighted by atomic mass is 9.46. The summed E-state index contributed by atoms with van der Waals surface area (Å²) in [5.74, 6) is 5.07. The van der Waals surface area contributed by atoms with Crippen molar-refractivity contribution in [2.24, 2.45) is 52.3 Å². The number of hydrogen-bond acceptors (Lipinski definition) is 3. The molecule has 0 amide bonds. The van der Waals surface area contributed by atoms with Crippen molar-refractivity contribution in [3.63, 3.8) is 0 Å². The molecule has 0 bridgehead atoms.